The number of fused-ring (bicyclic) bond motifs is 1. The molecule has 0 bridgehead atoms. The molecule has 1 aromatic carbocycles. The molecule has 2 N–H and O–H groups in total. The Balaban J connectivity index is 2.19. The van der Waals surface area contributed by atoms with Gasteiger partial charge in [0.2, 0.25) is 0 Å². The highest BCUT2D eigenvalue weighted by Gasteiger charge is 2.15. The third kappa shape index (κ3) is 2.65. The van der Waals surface area contributed by atoms with Crippen molar-refractivity contribution in [3.8, 4) is 0 Å². The van der Waals surface area contributed by atoms with Crippen molar-refractivity contribution in [2.24, 2.45) is 5.73 Å². The molecule has 0 fully saturated rings. The van der Waals surface area contributed by atoms with Gasteiger partial charge in [-0.05, 0) is 29.3 Å². The van der Waals surface area contributed by atoms with Crippen LogP contribution >= 0.6 is 11.3 Å². The molecule has 90 valence electrons. The number of carbonyl (C=O) groups is 1. The van der Waals surface area contributed by atoms with Crippen molar-refractivity contribution >= 4 is 27.4 Å². The quantitative estimate of drug-likeness (QED) is 0.848. The molecule has 0 unspecified atom stereocenters. The normalized spacial score (nSPS) is 12.6. The smallest absolute Gasteiger partial charge is 0.307 e. The number of rotatable bonds is 4. The van der Waals surface area contributed by atoms with Crippen molar-refractivity contribution in [2.75, 3.05) is 6.61 Å². The van der Waals surface area contributed by atoms with Crippen molar-refractivity contribution in [3.05, 3.63) is 35.2 Å². The maximum Gasteiger partial charge on any atom is 0.307 e. The highest BCUT2D eigenvalue weighted by Crippen LogP contribution is 2.30. The first-order valence-electron chi connectivity index (χ1n) is 5.59. The molecule has 2 aromatic rings. The van der Waals surface area contributed by atoms with Gasteiger partial charge in [0, 0.05) is 10.7 Å². The summed E-state index contributed by atoms with van der Waals surface area (Å²) in [6, 6.07) is 7.78. The van der Waals surface area contributed by atoms with Gasteiger partial charge in [-0.25, -0.2) is 0 Å². The van der Waals surface area contributed by atoms with Gasteiger partial charge in [0.15, 0.2) is 0 Å². The van der Waals surface area contributed by atoms with Crippen molar-refractivity contribution < 1.29 is 9.53 Å². The SMILES string of the molecule is CCOC(=O)C[C@@H](N)c1csc2ccccc12. The molecule has 0 amide bonds. The molecule has 0 aliphatic rings. The average Bonchev–Trinajstić information content (AvgIpc) is 2.72. The van der Waals surface area contributed by atoms with E-state index in [1.807, 2.05) is 23.6 Å². The summed E-state index contributed by atoms with van der Waals surface area (Å²) in [5, 5.41) is 3.16. The molecule has 0 spiro atoms. The standard InChI is InChI=1S/C13H15NO2S/c1-2-16-13(15)7-11(14)10-8-17-12-6-4-3-5-9(10)12/h3-6,8,11H,2,7,14H2,1H3/t11-/m1/s1. The van der Waals surface area contributed by atoms with Crippen LogP contribution in [0.5, 0.6) is 0 Å². The van der Waals surface area contributed by atoms with E-state index >= 15 is 0 Å². The van der Waals surface area contributed by atoms with E-state index in [0.29, 0.717) is 6.61 Å². The molecule has 17 heavy (non-hydrogen) atoms. The lowest BCUT2D eigenvalue weighted by molar-refractivity contribution is -0.143. The van der Waals surface area contributed by atoms with Gasteiger partial charge in [-0.2, -0.15) is 0 Å². The summed E-state index contributed by atoms with van der Waals surface area (Å²) in [5.41, 5.74) is 7.07. The summed E-state index contributed by atoms with van der Waals surface area (Å²) < 4.78 is 6.10. The Bertz CT molecular complexity index is 521. The molecule has 0 radical (unpaired) electrons. The summed E-state index contributed by atoms with van der Waals surface area (Å²) in [6.45, 7) is 2.19. The molecule has 1 atom stereocenters. The van der Waals surface area contributed by atoms with Gasteiger partial charge in [0.25, 0.3) is 0 Å². The number of benzene rings is 1. The van der Waals surface area contributed by atoms with E-state index in [2.05, 4.69) is 6.07 Å². The van der Waals surface area contributed by atoms with Gasteiger partial charge < -0.3 is 10.5 Å². The predicted octanol–water partition coefficient (Wildman–Crippen LogP) is 2.85. The van der Waals surface area contributed by atoms with Crippen LogP contribution in [0.1, 0.15) is 24.9 Å². The average molecular weight is 249 g/mol. The van der Waals surface area contributed by atoms with Gasteiger partial charge in [-0.3, -0.25) is 4.79 Å². The zero-order valence-corrected chi connectivity index (χ0v) is 10.5. The van der Waals surface area contributed by atoms with Crippen LogP contribution in [0.15, 0.2) is 29.6 Å². The monoisotopic (exact) mass is 249 g/mol. The lowest BCUT2D eigenvalue weighted by Crippen LogP contribution is -2.16. The van der Waals surface area contributed by atoms with Crippen LogP contribution in [0, 0.1) is 0 Å². The molecule has 1 heterocycles. The third-order valence-corrected chi connectivity index (χ3v) is 3.58. The van der Waals surface area contributed by atoms with Crippen LogP contribution in [-0.4, -0.2) is 12.6 Å². The summed E-state index contributed by atoms with van der Waals surface area (Å²) in [5.74, 6) is -0.240. The largest absolute Gasteiger partial charge is 0.466 e. The van der Waals surface area contributed by atoms with Gasteiger partial charge in [-0.15, -0.1) is 11.3 Å². The molecule has 0 saturated heterocycles. The fourth-order valence-electron chi connectivity index (χ4n) is 1.79. The zero-order chi connectivity index (χ0) is 12.3. The first-order valence-corrected chi connectivity index (χ1v) is 6.47. The second-order valence-corrected chi connectivity index (χ2v) is 4.71. The number of ether oxygens (including phenoxy) is 1. The second kappa shape index (κ2) is 5.29. The zero-order valence-electron chi connectivity index (χ0n) is 9.68. The maximum absolute atomic E-state index is 11.4. The molecule has 2 rings (SSSR count). The Labute approximate surface area is 104 Å². The summed E-state index contributed by atoms with van der Waals surface area (Å²) in [6.07, 6.45) is 0.231. The lowest BCUT2D eigenvalue weighted by Gasteiger charge is -2.10. The second-order valence-electron chi connectivity index (χ2n) is 3.80. The molecular formula is C13H15NO2S. The Morgan fingerprint density at radius 3 is 3.00 bits per heavy atom. The summed E-state index contributed by atoms with van der Waals surface area (Å²) >= 11 is 1.65. The summed E-state index contributed by atoms with van der Waals surface area (Å²) in [4.78, 5) is 11.4. The van der Waals surface area contributed by atoms with E-state index in [4.69, 9.17) is 10.5 Å². The highest BCUT2D eigenvalue weighted by atomic mass is 32.1. The van der Waals surface area contributed by atoms with Crippen LogP contribution in [0.25, 0.3) is 10.1 Å². The van der Waals surface area contributed by atoms with E-state index < -0.39 is 0 Å². The maximum atomic E-state index is 11.4. The van der Waals surface area contributed by atoms with Crippen LogP contribution in [0.3, 0.4) is 0 Å². The molecule has 1 aromatic heterocycles. The molecule has 3 nitrogen and oxygen atoms in total. The van der Waals surface area contributed by atoms with E-state index in [9.17, 15) is 4.79 Å². The predicted molar refractivity (Wildman–Crippen MR) is 70.0 cm³/mol. The Morgan fingerprint density at radius 2 is 2.24 bits per heavy atom. The Kier molecular flexibility index (Phi) is 3.76. The van der Waals surface area contributed by atoms with Crippen molar-refractivity contribution in [2.45, 2.75) is 19.4 Å². The Morgan fingerprint density at radius 1 is 1.47 bits per heavy atom. The van der Waals surface area contributed by atoms with Crippen LogP contribution in [-0.2, 0) is 9.53 Å². The first-order chi connectivity index (χ1) is 8.22. The number of hydrogen-bond acceptors (Lipinski definition) is 4. The van der Waals surface area contributed by atoms with Crippen LogP contribution < -0.4 is 5.73 Å². The number of thiophene rings is 1. The molecular weight excluding hydrogens is 234 g/mol. The molecule has 0 aliphatic heterocycles. The lowest BCUT2D eigenvalue weighted by atomic mass is 10.0. The van der Waals surface area contributed by atoms with Crippen molar-refractivity contribution in [3.63, 3.8) is 0 Å². The van der Waals surface area contributed by atoms with Gasteiger partial charge >= 0.3 is 5.97 Å². The summed E-state index contributed by atoms with van der Waals surface area (Å²) in [7, 11) is 0. The third-order valence-electron chi connectivity index (χ3n) is 2.60. The van der Waals surface area contributed by atoms with E-state index in [-0.39, 0.29) is 18.4 Å². The molecule has 4 heteroatoms. The number of hydrogen-bond donors (Lipinski definition) is 1. The molecule has 0 saturated carbocycles. The van der Waals surface area contributed by atoms with Crippen LogP contribution in [0.4, 0.5) is 0 Å². The highest BCUT2D eigenvalue weighted by molar-refractivity contribution is 7.17. The number of carbonyl (C=O) groups excluding carboxylic acids is 1. The van der Waals surface area contributed by atoms with Gasteiger partial charge in [0.1, 0.15) is 0 Å². The first kappa shape index (κ1) is 12.1. The van der Waals surface area contributed by atoms with Crippen LogP contribution in [0.2, 0.25) is 0 Å². The topological polar surface area (TPSA) is 52.3 Å². The van der Waals surface area contributed by atoms with Crippen molar-refractivity contribution in [1.82, 2.24) is 0 Å². The minimum Gasteiger partial charge on any atom is -0.466 e. The van der Waals surface area contributed by atoms with E-state index in [0.717, 1.165) is 10.9 Å². The van der Waals surface area contributed by atoms with E-state index in [1.54, 1.807) is 18.3 Å². The fourth-order valence-corrected chi connectivity index (χ4v) is 2.82. The fraction of sp³-hybridized carbons (Fsp3) is 0.308. The number of esters is 1. The molecule has 0 aliphatic carbocycles. The van der Waals surface area contributed by atoms with Crippen molar-refractivity contribution in [1.29, 1.82) is 0 Å². The number of nitrogens with two attached hydrogens (primary N) is 1. The van der Waals surface area contributed by atoms with Gasteiger partial charge in [0.05, 0.1) is 13.0 Å². The minimum absolute atomic E-state index is 0.231. The van der Waals surface area contributed by atoms with Gasteiger partial charge in [-0.1, -0.05) is 18.2 Å². The Hall–Kier alpha value is -1.39. The minimum atomic E-state index is -0.287. The van der Waals surface area contributed by atoms with E-state index in [1.165, 1.54) is 4.70 Å².